The van der Waals surface area contributed by atoms with E-state index in [2.05, 4.69) is 10.3 Å². The van der Waals surface area contributed by atoms with Crippen molar-refractivity contribution in [3.8, 4) is 0 Å². The van der Waals surface area contributed by atoms with Crippen molar-refractivity contribution < 1.29 is 9.18 Å². The number of benzene rings is 2. The van der Waals surface area contributed by atoms with Crippen LogP contribution < -0.4 is 5.32 Å². The van der Waals surface area contributed by atoms with Crippen molar-refractivity contribution in [1.29, 1.82) is 0 Å². The van der Waals surface area contributed by atoms with Crippen LogP contribution in [0.5, 0.6) is 0 Å². The van der Waals surface area contributed by atoms with Gasteiger partial charge in [-0.05, 0) is 48.4 Å². The van der Waals surface area contributed by atoms with Gasteiger partial charge in [0.2, 0.25) is 5.91 Å². The Bertz CT molecular complexity index is 855. The molecule has 5 heteroatoms. The van der Waals surface area contributed by atoms with Crippen molar-refractivity contribution in [3.05, 3.63) is 70.1 Å². The average molecular weight is 331 g/mol. The number of amides is 1. The number of halogens is 2. The van der Waals surface area contributed by atoms with E-state index < -0.39 is 0 Å². The molecule has 0 radical (unpaired) electrons. The fraction of sp³-hybridized carbons (Fsp3) is 0.167. The van der Waals surface area contributed by atoms with Crippen LogP contribution in [0.2, 0.25) is 5.02 Å². The molecular weight excluding hydrogens is 315 g/mol. The molecule has 1 amide bonds. The van der Waals surface area contributed by atoms with Gasteiger partial charge in [0.15, 0.2) is 0 Å². The van der Waals surface area contributed by atoms with Gasteiger partial charge < -0.3 is 10.3 Å². The van der Waals surface area contributed by atoms with E-state index in [-0.39, 0.29) is 18.1 Å². The predicted octanol–water partition coefficient (Wildman–Crippen LogP) is 4.13. The van der Waals surface area contributed by atoms with E-state index in [0.29, 0.717) is 11.6 Å². The molecule has 2 aromatic carbocycles. The Hall–Kier alpha value is -2.33. The Kier molecular flexibility index (Phi) is 4.35. The largest absolute Gasteiger partial charge is 0.358 e. The number of hydrogen-bond donors (Lipinski definition) is 2. The molecule has 3 nitrogen and oxygen atoms in total. The van der Waals surface area contributed by atoms with Crippen molar-refractivity contribution in [2.24, 2.45) is 0 Å². The van der Waals surface area contributed by atoms with Crippen LogP contribution in [0.15, 0.2) is 42.5 Å². The minimum Gasteiger partial charge on any atom is -0.358 e. The van der Waals surface area contributed by atoms with Crippen molar-refractivity contribution in [1.82, 2.24) is 10.3 Å². The summed E-state index contributed by atoms with van der Waals surface area (Å²) in [6, 6.07) is 11.7. The maximum atomic E-state index is 12.9. The highest BCUT2D eigenvalue weighted by Gasteiger charge is 2.12. The molecule has 0 bridgehead atoms. The van der Waals surface area contributed by atoms with Crippen LogP contribution >= 0.6 is 11.6 Å². The number of carbonyl (C=O) groups is 1. The van der Waals surface area contributed by atoms with E-state index >= 15 is 0 Å². The first kappa shape index (κ1) is 15.6. The zero-order chi connectivity index (χ0) is 16.4. The Morgan fingerprint density at radius 2 is 1.96 bits per heavy atom. The van der Waals surface area contributed by atoms with Gasteiger partial charge in [-0.25, -0.2) is 4.39 Å². The molecule has 1 aromatic heterocycles. The first-order chi connectivity index (χ1) is 11.0. The van der Waals surface area contributed by atoms with Gasteiger partial charge in [-0.2, -0.15) is 0 Å². The van der Waals surface area contributed by atoms with Crippen molar-refractivity contribution in [3.63, 3.8) is 0 Å². The molecule has 0 fully saturated rings. The van der Waals surface area contributed by atoms with Crippen molar-refractivity contribution >= 4 is 28.4 Å². The van der Waals surface area contributed by atoms with Crippen LogP contribution in [0, 0.1) is 12.7 Å². The summed E-state index contributed by atoms with van der Waals surface area (Å²) in [4.78, 5) is 15.5. The zero-order valence-corrected chi connectivity index (χ0v) is 13.4. The Balaban J connectivity index is 1.71. The molecule has 118 valence electrons. The molecule has 3 rings (SSSR count). The fourth-order valence-corrected chi connectivity index (χ4v) is 2.78. The first-order valence-corrected chi connectivity index (χ1v) is 7.68. The second kappa shape index (κ2) is 6.42. The van der Waals surface area contributed by atoms with E-state index in [1.165, 1.54) is 12.1 Å². The summed E-state index contributed by atoms with van der Waals surface area (Å²) in [7, 11) is 0. The van der Waals surface area contributed by atoms with Crippen LogP contribution in [-0.2, 0) is 17.8 Å². The maximum Gasteiger partial charge on any atom is 0.224 e. The quantitative estimate of drug-likeness (QED) is 0.742. The van der Waals surface area contributed by atoms with Crippen LogP contribution in [0.1, 0.15) is 16.8 Å². The summed E-state index contributed by atoms with van der Waals surface area (Å²) < 4.78 is 12.9. The van der Waals surface area contributed by atoms with Gasteiger partial charge in [-0.1, -0.05) is 23.7 Å². The summed E-state index contributed by atoms with van der Waals surface area (Å²) >= 11 is 6.05. The number of aryl methyl sites for hydroxylation is 1. The molecule has 0 saturated heterocycles. The molecule has 23 heavy (non-hydrogen) atoms. The number of nitrogens with one attached hydrogen (secondary N) is 2. The third-order valence-electron chi connectivity index (χ3n) is 3.82. The van der Waals surface area contributed by atoms with Crippen LogP contribution in [0.4, 0.5) is 4.39 Å². The lowest BCUT2D eigenvalue weighted by Gasteiger charge is -2.06. The first-order valence-electron chi connectivity index (χ1n) is 7.31. The zero-order valence-electron chi connectivity index (χ0n) is 12.6. The SMILES string of the molecule is Cc1[nH]c2ccc(Cl)cc2c1CC(=O)NCc1ccc(F)cc1. The molecule has 1 heterocycles. The Morgan fingerprint density at radius 3 is 2.70 bits per heavy atom. The standard InChI is InChI=1S/C18H16ClFN2O/c1-11-15(16-8-13(19)4-7-17(16)22-11)9-18(23)21-10-12-2-5-14(20)6-3-12/h2-8,22H,9-10H2,1H3,(H,21,23). The molecule has 0 aliphatic heterocycles. The summed E-state index contributed by atoms with van der Waals surface area (Å²) in [6.45, 7) is 2.32. The van der Waals surface area contributed by atoms with Crippen molar-refractivity contribution in [2.75, 3.05) is 0 Å². The molecule has 3 aromatic rings. The number of hydrogen-bond acceptors (Lipinski definition) is 1. The van der Waals surface area contributed by atoms with Crippen LogP contribution in [0.25, 0.3) is 10.9 Å². The lowest BCUT2D eigenvalue weighted by atomic mass is 10.1. The molecule has 0 aliphatic carbocycles. The highest BCUT2D eigenvalue weighted by Crippen LogP contribution is 2.25. The van der Waals surface area contributed by atoms with Gasteiger partial charge in [-0.15, -0.1) is 0 Å². The molecule has 0 spiro atoms. The fourth-order valence-electron chi connectivity index (χ4n) is 2.61. The number of rotatable bonds is 4. The second-order valence-corrected chi connectivity index (χ2v) is 5.93. The summed E-state index contributed by atoms with van der Waals surface area (Å²) in [6.07, 6.45) is 0.271. The molecule has 0 atom stereocenters. The number of aromatic nitrogens is 1. The molecule has 0 unspecified atom stereocenters. The third-order valence-corrected chi connectivity index (χ3v) is 4.06. The van der Waals surface area contributed by atoms with Gasteiger partial charge in [0.05, 0.1) is 6.42 Å². The van der Waals surface area contributed by atoms with Gasteiger partial charge in [0.1, 0.15) is 5.82 Å². The van der Waals surface area contributed by atoms with Crippen LogP contribution in [0.3, 0.4) is 0 Å². The Labute approximate surface area is 138 Å². The summed E-state index contributed by atoms with van der Waals surface area (Å²) in [5, 5.41) is 4.46. The second-order valence-electron chi connectivity index (χ2n) is 5.50. The maximum absolute atomic E-state index is 12.9. The number of H-pyrrole nitrogens is 1. The van der Waals surface area contributed by atoms with E-state index in [1.54, 1.807) is 12.1 Å². The third kappa shape index (κ3) is 3.54. The highest BCUT2D eigenvalue weighted by atomic mass is 35.5. The number of fused-ring (bicyclic) bond motifs is 1. The predicted molar refractivity (Wildman–Crippen MR) is 90.0 cm³/mol. The normalized spacial score (nSPS) is 10.9. The average Bonchev–Trinajstić information content (AvgIpc) is 2.82. The van der Waals surface area contributed by atoms with Crippen molar-refractivity contribution in [2.45, 2.75) is 19.9 Å². The smallest absolute Gasteiger partial charge is 0.224 e. The highest BCUT2D eigenvalue weighted by molar-refractivity contribution is 6.31. The molecular formula is C18H16ClFN2O. The van der Waals surface area contributed by atoms with E-state index in [1.807, 2.05) is 25.1 Å². The van der Waals surface area contributed by atoms with Gasteiger partial charge in [0.25, 0.3) is 0 Å². The minimum atomic E-state index is -0.286. The summed E-state index contributed by atoms with van der Waals surface area (Å²) in [5.74, 6) is -0.371. The van der Waals surface area contributed by atoms with Gasteiger partial charge in [0, 0.05) is 28.2 Å². The topological polar surface area (TPSA) is 44.9 Å². The monoisotopic (exact) mass is 330 g/mol. The van der Waals surface area contributed by atoms with Gasteiger partial charge >= 0.3 is 0 Å². The number of aromatic amines is 1. The lowest BCUT2D eigenvalue weighted by molar-refractivity contribution is -0.120. The molecule has 0 aliphatic rings. The van der Waals surface area contributed by atoms with Gasteiger partial charge in [-0.3, -0.25) is 4.79 Å². The number of carbonyl (C=O) groups excluding carboxylic acids is 1. The molecule has 0 saturated carbocycles. The van der Waals surface area contributed by atoms with E-state index in [0.717, 1.165) is 27.7 Å². The van der Waals surface area contributed by atoms with E-state index in [4.69, 9.17) is 11.6 Å². The minimum absolute atomic E-state index is 0.0849. The summed E-state index contributed by atoms with van der Waals surface area (Å²) in [5.41, 5.74) is 3.73. The van der Waals surface area contributed by atoms with Crippen LogP contribution in [-0.4, -0.2) is 10.9 Å². The molecule has 2 N–H and O–H groups in total. The van der Waals surface area contributed by atoms with E-state index in [9.17, 15) is 9.18 Å². The Morgan fingerprint density at radius 1 is 1.22 bits per heavy atom. The lowest BCUT2D eigenvalue weighted by Crippen LogP contribution is -2.24.